The van der Waals surface area contributed by atoms with Crippen molar-refractivity contribution in [3.63, 3.8) is 0 Å². The van der Waals surface area contributed by atoms with Gasteiger partial charge in [0.2, 0.25) is 11.8 Å². The van der Waals surface area contributed by atoms with Crippen LogP contribution in [0.2, 0.25) is 0 Å². The van der Waals surface area contributed by atoms with Gasteiger partial charge >= 0.3 is 6.09 Å². The maximum absolute atomic E-state index is 13.9. The van der Waals surface area contributed by atoms with E-state index in [4.69, 9.17) is 4.74 Å². The smallest absolute Gasteiger partial charge is 0.408 e. The second kappa shape index (κ2) is 13.6. The molecule has 1 aromatic rings. The first-order valence-corrected chi connectivity index (χ1v) is 13.4. The number of nitrogens with zero attached hydrogens (tertiary/aromatic N) is 1. The number of rotatable bonds is 11. The van der Waals surface area contributed by atoms with Gasteiger partial charge in [0.1, 0.15) is 17.7 Å². The Hall–Kier alpha value is -2.22. The van der Waals surface area contributed by atoms with E-state index in [0.717, 1.165) is 16.7 Å². The molecule has 0 fully saturated rings. The third kappa shape index (κ3) is 9.20. The molecule has 192 valence electrons. The van der Waals surface area contributed by atoms with Gasteiger partial charge in [-0.05, 0) is 90.0 Å². The molecule has 2 N–H and O–H groups in total. The summed E-state index contributed by atoms with van der Waals surface area (Å²) < 4.78 is 5.41. The van der Waals surface area contributed by atoms with Crippen LogP contribution in [0.5, 0.6) is 0 Å². The number of carbonyl (C=O) groups is 3. The van der Waals surface area contributed by atoms with Gasteiger partial charge in [-0.1, -0.05) is 25.1 Å². The summed E-state index contributed by atoms with van der Waals surface area (Å²) in [4.78, 5) is 41.6. The first kappa shape index (κ1) is 29.8. The van der Waals surface area contributed by atoms with Crippen molar-refractivity contribution in [1.29, 1.82) is 0 Å². The Kier molecular flexibility index (Phi) is 11.9. The third-order valence-corrected chi connectivity index (χ3v) is 5.80. The quantitative estimate of drug-likeness (QED) is 0.464. The van der Waals surface area contributed by atoms with Crippen LogP contribution in [0.25, 0.3) is 0 Å². The number of amides is 3. The topological polar surface area (TPSA) is 87.7 Å². The lowest BCUT2D eigenvalue weighted by molar-refractivity contribution is -0.142. The monoisotopic (exact) mass is 493 g/mol. The van der Waals surface area contributed by atoms with E-state index in [-0.39, 0.29) is 17.9 Å². The molecule has 1 rings (SSSR count). The summed E-state index contributed by atoms with van der Waals surface area (Å²) in [6.45, 7) is 15.4. The fourth-order valence-corrected chi connectivity index (χ4v) is 4.27. The number of alkyl carbamates (subject to hydrolysis) is 1. The highest BCUT2D eigenvalue weighted by molar-refractivity contribution is 7.98. The van der Waals surface area contributed by atoms with Gasteiger partial charge in [-0.15, -0.1) is 0 Å². The molecule has 8 heteroatoms. The fraction of sp³-hybridized carbons (Fsp3) is 0.654. The lowest BCUT2D eigenvalue weighted by Crippen LogP contribution is -2.54. The molecule has 0 aromatic heterocycles. The van der Waals surface area contributed by atoms with Gasteiger partial charge in [0.25, 0.3) is 0 Å². The predicted molar refractivity (Wildman–Crippen MR) is 140 cm³/mol. The van der Waals surface area contributed by atoms with Gasteiger partial charge in [-0.25, -0.2) is 4.79 Å². The van der Waals surface area contributed by atoms with E-state index in [2.05, 4.69) is 10.6 Å². The van der Waals surface area contributed by atoms with Crippen molar-refractivity contribution in [2.45, 2.75) is 92.0 Å². The van der Waals surface area contributed by atoms with E-state index in [1.807, 2.05) is 59.1 Å². The van der Waals surface area contributed by atoms with Crippen LogP contribution in [0.15, 0.2) is 18.2 Å². The Morgan fingerprint density at radius 3 is 2.15 bits per heavy atom. The lowest BCUT2D eigenvalue weighted by Gasteiger charge is -2.36. The second-order valence-electron chi connectivity index (χ2n) is 9.88. The number of aryl methyl sites for hydroxylation is 2. The average Bonchev–Trinajstić information content (AvgIpc) is 2.70. The van der Waals surface area contributed by atoms with Crippen LogP contribution in [-0.4, -0.2) is 59.0 Å². The molecule has 0 saturated heterocycles. The first-order valence-electron chi connectivity index (χ1n) is 12.0. The molecule has 2 unspecified atom stereocenters. The molecule has 2 atom stereocenters. The molecule has 0 bridgehead atoms. The first-order chi connectivity index (χ1) is 15.8. The highest BCUT2D eigenvalue weighted by Gasteiger charge is 2.37. The van der Waals surface area contributed by atoms with Crippen LogP contribution in [-0.2, 0) is 14.3 Å². The van der Waals surface area contributed by atoms with Crippen molar-refractivity contribution in [3.05, 3.63) is 34.9 Å². The van der Waals surface area contributed by atoms with Crippen LogP contribution in [0, 0.1) is 13.8 Å². The van der Waals surface area contributed by atoms with Crippen molar-refractivity contribution in [2.24, 2.45) is 0 Å². The SMILES string of the molecule is CCCN(C(=O)C(CCSC)NC(=O)OC(C)(C)C)C(C(=O)NC(C)C)c1c(C)cccc1C. The largest absolute Gasteiger partial charge is 0.444 e. The Morgan fingerprint density at radius 1 is 1.09 bits per heavy atom. The maximum atomic E-state index is 13.9. The number of carbonyl (C=O) groups excluding carboxylic acids is 3. The van der Waals surface area contributed by atoms with Gasteiger partial charge in [-0.3, -0.25) is 9.59 Å². The minimum absolute atomic E-state index is 0.0786. The molecule has 3 amide bonds. The maximum Gasteiger partial charge on any atom is 0.408 e. The van der Waals surface area contributed by atoms with Crippen molar-refractivity contribution < 1.29 is 19.1 Å². The molecule has 1 aromatic carbocycles. The molecule has 0 saturated carbocycles. The van der Waals surface area contributed by atoms with Gasteiger partial charge in [-0.2, -0.15) is 11.8 Å². The summed E-state index contributed by atoms with van der Waals surface area (Å²) >= 11 is 1.59. The Bertz CT molecular complexity index is 816. The summed E-state index contributed by atoms with van der Waals surface area (Å²) in [5.41, 5.74) is 2.03. The van der Waals surface area contributed by atoms with E-state index in [0.29, 0.717) is 25.1 Å². The van der Waals surface area contributed by atoms with Crippen LogP contribution >= 0.6 is 11.8 Å². The second-order valence-corrected chi connectivity index (χ2v) is 10.9. The summed E-state index contributed by atoms with van der Waals surface area (Å²) in [6, 6.07) is 4.18. The van der Waals surface area contributed by atoms with Crippen LogP contribution < -0.4 is 10.6 Å². The summed E-state index contributed by atoms with van der Waals surface area (Å²) in [5.74, 6) is 0.168. The minimum Gasteiger partial charge on any atom is -0.444 e. The Balaban J connectivity index is 3.48. The molecular formula is C26H43N3O4S. The van der Waals surface area contributed by atoms with Crippen molar-refractivity contribution >= 4 is 29.7 Å². The molecule has 0 aliphatic heterocycles. The Labute approximate surface area is 209 Å². The minimum atomic E-state index is -0.799. The molecule has 7 nitrogen and oxygen atoms in total. The molecule has 0 heterocycles. The normalized spacial score (nSPS) is 13.2. The number of ether oxygens (including phenoxy) is 1. The number of hydrogen-bond acceptors (Lipinski definition) is 5. The number of thioether (sulfide) groups is 1. The van der Waals surface area contributed by atoms with Crippen LogP contribution in [0.3, 0.4) is 0 Å². The van der Waals surface area contributed by atoms with Gasteiger partial charge in [0, 0.05) is 12.6 Å². The zero-order valence-electron chi connectivity index (χ0n) is 22.3. The van der Waals surface area contributed by atoms with Crippen molar-refractivity contribution in [2.75, 3.05) is 18.6 Å². The molecule has 0 radical (unpaired) electrons. The van der Waals surface area contributed by atoms with E-state index in [1.165, 1.54) is 0 Å². The summed E-state index contributed by atoms with van der Waals surface area (Å²) in [7, 11) is 0. The van der Waals surface area contributed by atoms with Gasteiger partial charge in [0.05, 0.1) is 0 Å². The third-order valence-electron chi connectivity index (χ3n) is 5.15. The van der Waals surface area contributed by atoms with Crippen molar-refractivity contribution in [3.8, 4) is 0 Å². The highest BCUT2D eigenvalue weighted by atomic mass is 32.2. The van der Waals surface area contributed by atoms with E-state index in [1.54, 1.807) is 37.4 Å². The van der Waals surface area contributed by atoms with Crippen molar-refractivity contribution in [1.82, 2.24) is 15.5 Å². The molecule has 0 aliphatic carbocycles. The van der Waals surface area contributed by atoms with Gasteiger partial charge in [0.15, 0.2) is 0 Å². The number of benzene rings is 1. The average molecular weight is 494 g/mol. The zero-order chi connectivity index (χ0) is 26.1. The zero-order valence-corrected chi connectivity index (χ0v) is 23.1. The van der Waals surface area contributed by atoms with Crippen LogP contribution in [0.1, 0.15) is 77.1 Å². The van der Waals surface area contributed by atoms with Crippen LogP contribution in [0.4, 0.5) is 4.79 Å². The standard InChI is InChI=1S/C26H43N3O4S/c1-10-15-29(24(31)20(14-16-34-9)28-25(32)33-26(6,7)8)22(23(30)27-17(2)3)21-18(4)12-11-13-19(21)5/h11-13,17,20,22H,10,14-16H2,1-9H3,(H,27,30)(H,28,32). The number of nitrogens with one attached hydrogen (secondary N) is 2. The molecular weight excluding hydrogens is 450 g/mol. The predicted octanol–water partition coefficient (Wildman–Crippen LogP) is 4.75. The van der Waals surface area contributed by atoms with E-state index in [9.17, 15) is 14.4 Å². The number of hydrogen-bond donors (Lipinski definition) is 2. The fourth-order valence-electron chi connectivity index (χ4n) is 3.80. The lowest BCUT2D eigenvalue weighted by atomic mass is 9.93. The summed E-state index contributed by atoms with van der Waals surface area (Å²) in [6.07, 6.45) is 2.42. The molecule has 0 spiro atoms. The van der Waals surface area contributed by atoms with E-state index >= 15 is 0 Å². The van der Waals surface area contributed by atoms with E-state index < -0.39 is 23.8 Å². The van der Waals surface area contributed by atoms with Gasteiger partial charge < -0.3 is 20.3 Å². The Morgan fingerprint density at radius 2 is 1.68 bits per heavy atom. The summed E-state index contributed by atoms with van der Waals surface area (Å²) in [5, 5.41) is 5.76. The molecule has 34 heavy (non-hydrogen) atoms. The molecule has 0 aliphatic rings. The highest BCUT2D eigenvalue weighted by Crippen LogP contribution is 2.29.